The van der Waals surface area contributed by atoms with Gasteiger partial charge in [0.25, 0.3) is 0 Å². The fourth-order valence-corrected chi connectivity index (χ4v) is 4.11. The zero-order chi connectivity index (χ0) is 20.8. The summed E-state index contributed by atoms with van der Waals surface area (Å²) in [5.41, 5.74) is 0.850. The van der Waals surface area contributed by atoms with E-state index in [-0.39, 0.29) is 11.3 Å². The molecule has 156 valence electrons. The van der Waals surface area contributed by atoms with Crippen LogP contribution in [0.4, 0.5) is 13.2 Å². The molecule has 1 saturated carbocycles. The highest BCUT2D eigenvalue weighted by atomic mass is 19.2. The Labute approximate surface area is 170 Å². The summed E-state index contributed by atoms with van der Waals surface area (Å²) in [5.74, 6) is -3.72. The van der Waals surface area contributed by atoms with Crippen molar-refractivity contribution in [3.8, 4) is 5.75 Å². The molecule has 2 aromatic rings. The fourth-order valence-electron chi connectivity index (χ4n) is 4.11. The molecule has 0 bridgehead atoms. The first kappa shape index (κ1) is 21.4. The molecular weight excluding hydrogens is 377 g/mol. The number of hydrogen-bond donors (Lipinski definition) is 0. The lowest BCUT2D eigenvalue weighted by molar-refractivity contribution is 0.0733. The number of unbranched alkanes of at least 4 members (excludes halogenated alkanes) is 2. The lowest BCUT2D eigenvalue weighted by Crippen LogP contribution is -2.13. The summed E-state index contributed by atoms with van der Waals surface area (Å²) in [4.78, 5) is 12.1. The average molecular weight is 404 g/mol. The first-order chi connectivity index (χ1) is 14.0. The molecule has 0 aromatic heterocycles. The van der Waals surface area contributed by atoms with Gasteiger partial charge in [0.1, 0.15) is 5.75 Å². The summed E-state index contributed by atoms with van der Waals surface area (Å²) < 4.78 is 44.8. The van der Waals surface area contributed by atoms with Gasteiger partial charge in [-0.3, -0.25) is 0 Å². The Morgan fingerprint density at radius 1 is 0.966 bits per heavy atom. The number of carbonyl (C=O) groups excluding carboxylic acids is 1. The molecule has 0 atom stereocenters. The Balaban J connectivity index is 1.55. The minimum atomic E-state index is -1.61. The lowest BCUT2D eigenvalue weighted by Gasteiger charge is -2.29. The van der Waals surface area contributed by atoms with Crippen LogP contribution in [0.15, 0.2) is 36.4 Å². The van der Waals surface area contributed by atoms with E-state index in [9.17, 15) is 18.0 Å². The van der Waals surface area contributed by atoms with E-state index in [1.165, 1.54) is 56.9 Å². The second kappa shape index (κ2) is 9.95. The van der Waals surface area contributed by atoms with Crippen LogP contribution in [0.5, 0.6) is 5.75 Å². The highest BCUT2D eigenvalue weighted by Crippen LogP contribution is 2.38. The van der Waals surface area contributed by atoms with Crippen LogP contribution in [-0.4, -0.2) is 5.97 Å². The predicted octanol–water partition coefficient (Wildman–Crippen LogP) is 7.18. The van der Waals surface area contributed by atoms with E-state index >= 15 is 0 Å². The van der Waals surface area contributed by atoms with Crippen LogP contribution >= 0.6 is 0 Å². The second-order valence-corrected chi connectivity index (χ2v) is 7.93. The van der Waals surface area contributed by atoms with Crippen molar-refractivity contribution in [1.82, 2.24) is 0 Å². The van der Waals surface area contributed by atoms with E-state index in [1.807, 2.05) is 12.1 Å². The van der Waals surface area contributed by atoms with Gasteiger partial charge in [-0.15, -0.1) is 0 Å². The van der Waals surface area contributed by atoms with Gasteiger partial charge in [-0.05, 0) is 67.3 Å². The van der Waals surface area contributed by atoms with Gasteiger partial charge in [0, 0.05) is 0 Å². The first-order valence-electron chi connectivity index (χ1n) is 10.4. The van der Waals surface area contributed by atoms with Crippen molar-refractivity contribution in [1.29, 1.82) is 0 Å². The largest absolute Gasteiger partial charge is 0.423 e. The number of halogens is 3. The molecule has 1 aliphatic rings. The van der Waals surface area contributed by atoms with Gasteiger partial charge in [-0.1, -0.05) is 44.7 Å². The van der Waals surface area contributed by atoms with E-state index < -0.39 is 23.4 Å². The highest BCUT2D eigenvalue weighted by Gasteiger charge is 2.22. The van der Waals surface area contributed by atoms with Crippen molar-refractivity contribution < 1.29 is 22.7 Å². The Morgan fingerprint density at radius 3 is 2.17 bits per heavy atom. The zero-order valence-corrected chi connectivity index (χ0v) is 16.7. The van der Waals surface area contributed by atoms with Gasteiger partial charge >= 0.3 is 5.97 Å². The maximum Gasteiger partial charge on any atom is 0.343 e. The minimum absolute atomic E-state index is 0.289. The summed E-state index contributed by atoms with van der Waals surface area (Å²) in [5, 5.41) is 0. The Morgan fingerprint density at radius 2 is 1.59 bits per heavy atom. The molecule has 0 aliphatic heterocycles. The van der Waals surface area contributed by atoms with Crippen LogP contribution in [0.1, 0.15) is 80.1 Å². The van der Waals surface area contributed by atoms with Crippen molar-refractivity contribution in [2.24, 2.45) is 5.92 Å². The molecule has 0 radical (unpaired) electrons. The van der Waals surface area contributed by atoms with Crippen molar-refractivity contribution >= 4 is 5.97 Å². The quantitative estimate of drug-likeness (QED) is 0.211. The van der Waals surface area contributed by atoms with E-state index in [0.717, 1.165) is 5.92 Å². The topological polar surface area (TPSA) is 26.3 Å². The molecular formula is C24H27F3O2. The van der Waals surface area contributed by atoms with Crippen LogP contribution in [0, 0.1) is 23.4 Å². The highest BCUT2D eigenvalue weighted by molar-refractivity contribution is 5.91. The van der Waals surface area contributed by atoms with Crippen LogP contribution in [-0.2, 0) is 0 Å². The summed E-state index contributed by atoms with van der Waals surface area (Å²) in [6.07, 6.45) is 10.1. The van der Waals surface area contributed by atoms with Gasteiger partial charge in [0.2, 0.25) is 0 Å². The SMILES string of the molecule is CCCCC[C@H]1CC[C@H](c2ccc(OC(=O)c3cc(F)c(F)c(F)c3)cc2)CC1. The van der Waals surface area contributed by atoms with Crippen molar-refractivity contribution in [3.63, 3.8) is 0 Å². The number of benzene rings is 2. The molecule has 0 saturated heterocycles. The first-order valence-corrected chi connectivity index (χ1v) is 10.4. The van der Waals surface area contributed by atoms with E-state index in [0.29, 0.717) is 18.1 Å². The summed E-state index contributed by atoms with van der Waals surface area (Å²) in [6, 6.07) is 8.53. The molecule has 0 unspecified atom stereocenters. The number of rotatable bonds is 7. The molecule has 2 aromatic carbocycles. The van der Waals surface area contributed by atoms with E-state index in [4.69, 9.17) is 4.74 Å². The Hall–Kier alpha value is -2.30. The lowest BCUT2D eigenvalue weighted by atomic mass is 9.77. The number of esters is 1. The van der Waals surface area contributed by atoms with Crippen LogP contribution < -0.4 is 4.74 Å². The van der Waals surface area contributed by atoms with E-state index in [2.05, 4.69) is 6.92 Å². The average Bonchev–Trinajstić information content (AvgIpc) is 2.73. The third-order valence-corrected chi connectivity index (χ3v) is 5.84. The fraction of sp³-hybridized carbons (Fsp3) is 0.458. The molecule has 29 heavy (non-hydrogen) atoms. The molecule has 3 rings (SSSR count). The van der Waals surface area contributed by atoms with Crippen molar-refractivity contribution in [3.05, 3.63) is 65.0 Å². The van der Waals surface area contributed by atoms with E-state index in [1.54, 1.807) is 12.1 Å². The maximum absolute atomic E-state index is 13.3. The molecule has 1 aliphatic carbocycles. The monoisotopic (exact) mass is 404 g/mol. The van der Waals surface area contributed by atoms with Gasteiger partial charge in [0.05, 0.1) is 5.56 Å². The molecule has 0 spiro atoms. The maximum atomic E-state index is 13.3. The van der Waals surface area contributed by atoms with Crippen molar-refractivity contribution in [2.75, 3.05) is 0 Å². The van der Waals surface area contributed by atoms with Gasteiger partial charge < -0.3 is 4.74 Å². The third-order valence-electron chi connectivity index (χ3n) is 5.84. The minimum Gasteiger partial charge on any atom is -0.423 e. The molecule has 0 amide bonds. The standard InChI is InChI=1S/C24H27F3O2/c1-2-3-4-5-16-6-8-17(9-7-16)18-10-12-20(13-11-18)29-24(28)19-14-21(25)23(27)22(26)15-19/h10-17H,2-9H2,1H3/t16-,17-. The summed E-state index contributed by atoms with van der Waals surface area (Å²) in [7, 11) is 0. The smallest absolute Gasteiger partial charge is 0.343 e. The number of ether oxygens (including phenoxy) is 1. The predicted molar refractivity (Wildman–Crippen MR) is 107 cm³/mol. The molecule has 0 N–H and O–H groups in total. The summed E-state index contributed by atoms with van der Waals surface area (Å²) >= 11 is 0. The molecule has 0 heterocycles. The zero-order valence-electron chi connectivity index (χ0n) is 16.7. The Bertz CT molecular complexity index is 802. The van der Waals surface area contributed by atoms with Crippen LogP contribution in [0.2, 0.25) is 0 Å². The summed E-state index contributed by atoms with van der Waals surface area (Å²) in [6.45, 7) is 2.23. The van der Waals surface area contributed by atoms with Crippen LogP contribution in [0.3, 0.4) is 0 Å². The van der Waals surface area contributed by atoms with Gasteiger partial charge in [0.15, 0.2) is 17.5 Å². The second-order valence-electron chi connectivity index (χ2n) is 7.93. The van der Waals surface area contributed by atoms with Crippen molar-refractivity contribution in [2.45, 2.75) is 64.2 Å². The Kier molecular flexibility index (Phi) is 7.34. The molecule has 2 nitrogen and oxygen atoms in total. The van der Waals surface area contributed by atoms with Gasteiger partial charge in [-0.2, -0.15) is 0 Å². The number of carbonyl (C=O) groups is 1. The molecule has 1 fully saturated rings. The normalized spacial score (nSPS) is 19.2. The molecule has 5 heteroatoms. The van der Waals surface area contributed by atoms with Gasteiger partial charge in [-0.25, -0.2) is 18.0 Å². The number of hydrogen-bond acceptors (Lipinski definition) is 2. The van der Waals surface area contributed by atoms with Crippen LogP contribution in [0.25, 0.3) is 0 Å². The third kappa shape index (κ3) is 5.62.